The van der Waals surface area contributed by atoms with Gasteiger partial charge >= 0.3 is 0 Å². The van der Waals surface area contributed by atoms with Crippen LogP contribution in [0.15, 0.2) is 28.7 Å². The van der Waals surface area contributed by atoms with Crippen molar-refractivity contribution in [1.29, 1.82) is 0 Å². The Labute approximate surface area is 113 Å². The Morgan fingerprint density at radius 2 is 2.24 bits per heavy atom. The standard InChI is InChI=1S/C12H12BrClN2O/c1-16-11(14)10(5-6-17)15-12(16)8-3-2-4-9(13)7-8/h2-4,7,17H,5-6H2,1H3. The minimum absolute atomic E-state index is 0.0503. The van der Waals surface area contributed by atoms with Gasteiger partial charge in [0.15, 0.2) is 0 Å². The predicted molar refractivity (Wildman–Crippen MR) is 72.1 cm³/mol. The zero-order valence-electron chi connectivity index (χ0n) is 9.32. The van der Waals surface area contributed by atoms with E-state index in [-0.39, 0.29) is 6.61 Å². The van der Waals surface area contributed by atoms with Crippen molar-refractivity contribution < 1.29 is 5.11 Å². The van der Waals surface area contributed by atoms with Gasteiger partial charge in [-0.2, -0.15) is 0 Å². The Balaban J connectivity index is 2.49. The first kappa shape index (κ1) is 12.6. The minimum atomic E-state index is 0.0503. The molecular formula is C12H12BrClN2O. The van der Waals surface area contributed by atoms with Gasteiger partial charge in [-0.05, 0) is 12.1 Å². The first-order valence-electron chi connectivity index (χ1n) is 5.21. The van der Waals surface area contributed by atoms with E-state index in [9.17, 15) is 0 Å². The summed E-state index contributed by atoms with van der Waals surface area (Å²) in [5.74, 6) is 0.805. The van der Waals surface area contributed by atoms with Gasteiger partial charge < -0.3 is 9.67 Å². The van der Waals surface area contributed by atoms with Crippen LogP contribution in [0.4, 0.5) is 0 Å². The second kappa shape index (κ2) is 5.21. The third kappa shape index (κ3) is 2.54. The van der Waals surface area contributed by atoms with Gasteiger partial charge in [0.1, 0.15) is 11.0 Å². The fourth-order valence-electron chi connectivity index (χ4n) is 1.69. The zero-order chi connectivity index (χ0) is 12.4. The topological polar surface area (TPSA) is 38.0 Å². The largest absolute Gasteiger partial charge is 0.396 e. The molecule has 0 amide bonds. The van der Waals surface area contributed by atoms with E-state index in [1.165, 1.54) is 0 Å². The Hall–Kier alpha value is -0.840. The van der Waals surface area contributed by atoms with Gasteiger partial charge in [-0.1, -0.05) is 39.7 Å². The van der Waals surface area contributed by atoms with Gasteiger partial charge in [0.05, 0.1) is 5.69 Å². The van der Waals surface area contributed by atoms with Crippen LogP contribution in [-0.4, -0.2) is 21.3 Å². The fourth-order valence-corrected chi connectivity index (χ4v) is 2.30. The van der Waals surface area contributed by atoms with Crippen LogP contribution in [0.25, 0.3) is 11.4 Å². The maximum atomic E-state index is 8.94. The molecule has 0 bridgehead atoms. The SMILES string of the molecule is Cn1c(-c2cccc(Br)c2)nc(CCO)c1Cl. The second-order valence-electron chi connectivity index (χ2n) is 3.72. The Morgan fingerprint density at radius 3 is 2.88 bits per heavy atom. The number of rotatable bonds is 3. The smallest absolute Gasteiger partial charge is 0.141 e. The Morgan fingerprint density at radius 1 is 1.47 bits per heavy atom. The van der Waals surface area contributed by atoms with Crippen molar-refractivity contribution in [2.24, 2.45) is 7.05 Å². The molecule has 0 saturated carbocycles. The summed E-state index contributed by atoms with van der Waals surface area (Å²) in [4.78, 5) is 4.46. The Bertz CT molecular complexity index is 539. The number of imidazole rings is 1. The molecule has 0 radical (unpaired) electrons. The molecule has 1 N–H and O–H groups in total. The summed E-state index contributed by atoms with van der Waals surface area (Å²) in [6, 6.07) is 7.88. The maximum absolute atomic E-state index is 8.94. The highest BCUT2D eigenvalue weighted by atomic mass is 79.9. The lowest BCUT2D eigenvalue weighted by Crippen LogP contribution is -1.93. The number of hydrogen-bond acceptors (Lipinski definition) is 2. The van der Waals surface area contributed by atoms with Crippen molar-refractivity contribution in [3.8, 4) is 11.4 Å². The van der Waals surface area contributed by atoms with Gasteiger partial charge in [-0.3, -0.25) is 0 Å². The number of halogens is 2. The molecule has 1 aromatic carbocycles. The molecule has 0 aliphatic heterocycles. The van der Waals surface area contributed by atoms with Crippen LogP contribution >= 0.6 is 27.5 Å². The molecule has 0 fully saturated rings. The predicted octanol–water partition coefficient (Wildman–Crippen LogP) is 3.04. The molecule has 1 aromatic heterocycles. The molecule has 0 aliphatic rings. The fraction of sp³-hybridized carbons (Fsp3) is 0.250. The number of aliphatic hydroxyl groups is 1. The van der Waals surface area contributed by atoms with Crippen molar-refractivity contribution >= 4 is 27.5 Å². The van der Waals surface area contributed by atoms with Crippen LogP contribution < -0.4 is 0 Å². The summed E-state index contributed by atoms with van der Waals surface area (Å²) < 4.78 is 2.83. The number of aromatic nitrogens is 2. The van der Waals surface area contributed by atoms with Gasteiger partial charge in [-0.15, -0.1) is 0 Å². The first-order chi connectivity index (χ1) is 8.13. The van der Waals surface area contributed by atoms with Crippen LogP contribution in [0, 0.1) is 0 Å². The highest BCUT2D eigenvalue weighted by Gasteiger charge is 2.13. The average Bonchev–Trinajstić information content (AvgIpc) is 2.58. The average molecular weight is 316 g/mol. The number of hydrogen-bond donors (Lipinski definition) is 1. The molecule has 5 heteroatoms. The van der Waals surface area contributed by atoms with Gasteiger partial charge in [0, 0.05) is 30.1 Å². The third-order valence-electron chi connectivity index (χ3n) is 2.52. The third-order valence-corrected chi connectivity index (χ3v) is 3.49. The molecule has 90 valence electrons. The number of aliphatic hydroxyl groups excluding tert-OH is 1. The summed E-state index contributed by atoms with van der Waals surface area (Å²) in [7, 11) is 1.87. The van der Waals surface area contributed by atoms with E-state index in [1.54, 1.807) is 0 Å². The molecule has 17 heavy (non-hydrogen) atoms. The Kier molecular flexibility index (Phi) is 3.86. The van der Waals surface area contributed by atoms with Gasteiger partial charge in [0.2, 0.25) is 0 Å². The molecule has 2 rings (SSSR count). The van der Waals surface area contributed by atoms with Crippen molar-refractivity contribution in [3.05, 3.63) is 39.6 Å². The van der Waals surface area contributed by atoms with Crippen molar-refractivity contribution in [3.63, 3.8) is 0 Å². The summed E-state index contributed by atoms with van der Waals surface area (Å²) >= 11 is 9.59. The molecule has 0 spiro atoms. The van der Waals surface area contributed by atoms with Crippen LogP contribution in [0.3, 0.4) is 0 Å². The zero-order valence-corrected chi connectivity index (χ0v) is 11.7. The summed E-state index contributed by atoms with van der Waals surface area (Å²) in [5.41, 5.74) is 1.72. The molecular weight excluding hydrogens is 304 g/mol. The normalized spacial score (nSPS) is 10.8. The van der Waals surface area contributed by atoms with Gasteiger partial charge in [-0.25, -0.2) is 4.98 Å². The monoisotopic (exact) mass is 314 g/mol. The lowest BCUT2D eigenvalue weighted by molar-refractivity contribution is 0.298. The van der Waals surface area contributed by atoms with Crippen molar-refractivity contribution in [2.45, 2.75) is 6.42 Å². The van der Waals surface area contributed by atoms with Crippen molar-refractivity contribution in [2.75, 3.05) is 6.61 Å². The van der Waals surface area contributed by atoms with E-state index in [0.29, 0.717) is 11.6 Å². The molecule has 3 nitrogen and oxygen atoms in total. The van der Waals surface area contributed by atoms with Gasteiger partial charge in [0.25, 0.3) is 0 Å². The summed E-state index contributed by atoms with van der Waals surface area (Å²) in [6.45, 7) is 0.0503. The molecule has 1 heterocycles. The number of nitrogens with zero attached hydrogens (tertiary/aromatic N) is 2. The van der Waals surface area contributed by atoms with Crippen LogP contribution in [0.5, 0.6) is 0 Å². The lowest BCUT2D eigenvalue weighted by Gasteiger charge is -2.02. The molecule has 0 unspecified atom stereocenters. The van der Waals surface area contributed by atoms with Crippen molar-refractivity contribution in [1.82, 2.24) is 9.55 Å². The quantitative estimate of drug-likeness (QED) is 0.945. The molecule has 0 aliphatic carbocycles. The highest BCUT2D eigenvalue weighted by Crippen LogP contribution is 2.26. The van der Waals surface area contributed by atoms with E-state index < -0.39 is 0 Å². The van der Waals surface area contributed by atoms with Crippen LogP contribution in [0.1, 0.15) is 5.69 Å². The minimum Gasteiger partial charge on any atom is -0.396 e. The van der Waals surface area contributed by atoms with E-state index in [0.717, 1.165) is 21.6 Å². The molecule has 0 atom stereocenters. The maximum Gasteiger partial charge on any atom is 0.141 e. The highest BCUT2D eigenvalue weighted by molar-refractivity contribution is 9.10. The number of benzene rings is 1. The van der Waals surface area contributed by atoms with E-state index in [2.05, 4.69) is 20.9 Å². The lowest BCUT2D eigenvalue weighted by atomic mass is 10.2. The van der Waals surface area contributed by atoms with Crippen LogP contribution in [0.2, 0.25) is 5.15 Å². The molecule has 2 aromatic rings. The first-order valence-corrected chi connectivity index (χ1v) is 6.38. The second-order valence-corrected chi connectivity index (χ2v) is 4.99. The van der Waals surface area contributed by atoms with E-state index in [1.807, 2.05) is 35.9 Å². The van der Waals surface area contributed by atoms with E-state index in [4.69, 9.17) is 16.7 Å². The van der Waals surface area contributed by atoms with E-state index >= 15 is 0 Å². The summed E-state index contributed by atoms with van der Waals surface area (Å²) in [5, 5.41) is 9.52. The van der Waals surface area contributed by atoms with Crippen LogP contribution in [-0.2, 0) is 13.5 Å². The molecule has 0 saturated heterocycles. The summed E-state index contributed by atoms with van der Waals surface area (Å²) in [6.07, 6.45) is 0.473.